The van der Waals surface area contributed by atoms with Crippen LogP contribution in [0.4, 0.5) is 5.69 Å². The molecule has 0 aliphatic rings. The summed E-state index contributed by atoms with van der Waals surface area (Å²) in [7, 11) is 1.51. The number of nitrogens with one attached hydrogen (secondary N) is 1. The van der Waals surface area contributed by atoms with Crippen molar-refractivity contribution in [3.05, 3.63) is 62.6 Å². The van der Waals surface area contributed by atoms with Gasteiger partial charge in [-0.05, 0) is 31.5 Å². The molecule has 10 heteroatoms. The number of aryl methyl sites for hydroxylation is 2. The molecule has 0 saturated carbocycles. The molecular weight excluding hydrogens is 405 g/mol. The number of rotatable bonds is 5. The molecule has 3 aromatic rings. The third-order valence-electron chi connectivity index (χ3n) is 4.34. The van der Waals surface area contributed by atoms with Crippen LogP contribution in [-0.4, -0.2) is 36.5 Å². The first-order valence-electron chi connectivity index (χ1n) is 8.23. The Kier molecular flexibility index (Phi) is 5.44. The van der Waals surface area contributed by atoms with Crippen molar-refractivity contribution in [2.45, 2.75) is 20.4 Å². The Labute approximate surface area is 170 Å². The molecule has 1 amide bonds. The largest absolute Gasteiger partial charge is 0.478 e. The van der Waals surface area contributed by atoms with Gasteiger partial charge >= 0.3 is 5.97 Å². The van der Waals surface area contributed by atoms with Crippen LogP contribution in [0.3, 0.4) is 0 Å². The summed E-state index contributed by atoms with van der Waals surface area (Å²) in [5, 5.41) is 21.4. The molecule has 0 aliphatic heterocycles. The number of carbonyl (C=O) groups is 2. The van der Waals surface area contributed by atoms with Crippen LogP contribution < -0.4 is 5.32 Å². The summed E-state index contributed by atoms with van der Waals surface area (Å²) in [5.41, 5.74) is 2.42. The quantitative estimate of drug-likeness (QED) is 0.655. The number of nitrogens with zero attached hydrogens (tertiary/aromatic N) is 4. The van der Waals surface area contributed by atoms with Gasteiger partial charge in [-0.25, -0.2) is 4.79 Å². The average molecular weight is 422 g/mol. The second kappa shape index (κ2) is 7.65. The number of anilines is 1. The maximum atomic E-state index is 12.7. The lowest BCUT2D eigenvalue weighted by atomic mass is 10.2. The van der Waals surface area contributed by atoms with Crippen LogP contribution in [0.1, 0.15) is 37.8 Å². The van der Waals surface area contributed by atoms with E-state index in [9.17, 15) is 14.7 Å². The summed E-state index contributed by atoms with van der Waals surface area (Å²) in [5.74, 6) is -1.80. The lowest BCUT2D eigenvalue weighted by Crippen LogP contribution is -2.20. The van der Waals surface area contributed by atoms with Gasteiger partial charge in [0, 0.05) is 17.1 Å². The molecule has 0 spiro atoms. The molecule has 2 N–H and O–H groups in total. The van der Waals surface area contributed by atoms with Gasteiger partial charge in [-0.15, -0.1) is 0 Å². The number of carboxylic acids is 1. The van der Waals surface area contributed by atoms with Crippen LogP contribution in [-0.2, 0) is 13.6 Å². The number of halogens is 2. The fourth-order valence-electron chi connectivity index (χ4n) is 2.88. The minimum absolute atomic E-state index is 0.0419. The summed E-state index contributed by atoms with van der Waals surface area (Å²) in [4.78, 5) is 24.0. The van der Waals surface area contributed by atoms with E-state index in [4.69, 9.17) is 23.2 Å². The van der Waals surface area contributed by atoms with E-state index in [2.05, 4.69) is 15.5 Å². The molecule has 2 heterocycles. The minimum atomic E-state index is -1.22. The van der Waals surface area contributed by atoms with E-state index in [0.29, 0.717) is 33.7 Å². The van der Waals surface area contributed by atoms with Gasteiger partial charge in [-0.3, -0.25) is 14.2 Å². The smallest absolute Gasteiger partial charge is 0.339 e. The van der Waals surface area contributed by atoms with Crippen molar-refractivity contribution >= 4 is 40.8 Å². The van der Waals surface area contributed by atoms with Crippen molar-refractivity contribution < 1.29 is 14.7 Å². The zero-order valence-corrected chi connectivity index (χ0v) is 16.8. The Balaban J connectivity index is 1.89. The first-order chi connectivity index (χ1) is 13.2. The predicted molar refractivity (Wildman–Crippen MR) is 105 cm³/mol. The van der Waals surface area contributed by atoms with Crippen molar-refractivity contribution in [1.82, 2.24) is 19.6 Å². The first-order valence-corrected chi connectivity index (χ1v) is 8.99. The lowest BCUT2D eigenvalue weighted by Gasteiger charge is -2.09. The molecule has 3 rings (SSSR count). The van der Waals surface area contributed by atoms with Gasteiger partial charge in [0.15, 0.2) is 0 Å². The number of aromatic nitrogens is 4. The highest BCUT2D eigenvalue weighted by Gasteiger charge is 2.24. The van der Waals surface area contributed by atoms with E-state index in [1.165, 1.54) is 11.7 Å². The zero-order chi connectivity index (χ0) is 20.6. The van der Waals surface area contributed by atoms with Crippen molar-refractivity contribution in [2.75, 3.05) is 5.32 Å². The molecule has 0 aliphatic carbocycles. The van der Waals surface area contributed by atoms with Gasteiger partial charge in [-0.2, -0.15) is 10.2 Å². The van der Waals surface area contributed by atoms with Crippen molar-refractivity contribution in [2.24, 2.45) is 7.05 Å². The van der Waals surface area contributed by atoms with Crippen LogP contribution in [0.15, 0.2) is 24.4 Å². The third kappa shape index (κ3) is 3.74. The van der Waals surface area contributed by atoms with Gasteiger partial charge in [0.05, 0.1) is 29.8 Å². The van der Waals surface area contributed by atoms with Gasteiger partial charge in [0.25, 0.3) is 5.91 Å². The van der Waals surface area contributed by atoms with E-state index in [-0.39, 0.29) is 11.3 Å². The first kappa shape index (κ1) is 19.9. The van der Waals surface area contributed by atoms with E-state index in [1.807, 2.05) is 6.07 Å². The number of aromatic carboxylic acids is 1. The van der Waals surface area contributed by atoms with Crippen LogP contribution >= 0.6 is 23.2 Å². The van der Waals surface area contributed by atoms with E-state index < -0.39 is 11.9 Å². The maximum absolute atomic E-state index is 12.7. The van der Waals surface area contributed by atoms with E-state index in [0.717, 1.165) is 11.8 Å². The van der Waals surface area contributed by atoms with E-state index in [1.54, 1.807) is 30.7 Å². The van der Waals surface area contributed by atoms with Crippen molar-refractivity contribution in [3.8, 4) is 0 Å². The number of carbonyl (C=O) groups excluding carboxylic acids is 1. The normalized spacial score (nSPS) is 10.9. The Morgan fingerprint density at radius 1 is 1.25 bits per heavy atom. The molecule has 0 radical (unpaired) electrons. The second-order valence-corrected chi connectivity index (χ2v) is 7.07. The molecule has 8 nitrogen and oxygen atoms in total. The predicted octanol–water partition coefficient (Wildman–Crippen LogP) is 3.54. The fourth-order valence-corrected chi connectivity index (χ4v) is 3.35. The lowest BCUT2D eigenvalue weighted by molar-refractivity contribution is 0.0692. The zero-order valence-electron chi connectivity index (χ0n) is 15.3. The molecular formula is C18H17Cl2N5O3. The molecule has 2 aromatic heterocycles. The summed E-state index contributed by atoms with van der Waals surface area (Å²) < 4.78 is 2.93. The third-order valence-corrected chi connectivity index (χ3v) is 4.93. The summed E-state index contributed by atoms with van der Waals surface area (Å²) in [6.45, 7) is 3.95. The van der Waals surface area contributed by atoms with Gasteiger partial charge < -0.3 is 10.4 Å². The summed E-state index contributed by atoms with van der Waals surface area (Å²) in [6.07, 6.45) is 1.14. The van der Waals surface area contributed by atoms with Crippen molar-refractivity contribution in [1.29, 1.82) is 0 Å². The highest BCUT2D eigenvalue weighted by Crippen LogP contribution is 2.25. The number of amides is 1. The molecule has 0 saturated heterocycles. The van der Waals surface area contributed by atoms with Gasteiger partial charge in [-0.1, -0.05) is 29.3 Å². The average Bonchev–Trinajstić information content (AvgIpc) is 3.12. The number of benzene rings is 1. The Hall–Kier alpha value is -2.84. The fraction of sp³-hybridized carbons (Fsp3) is 0.222. The molecule has 0 bridgehead atoms. The van der Waals surface area contributed by atoms with Gasteiger partial charge in [0.2, 0.25) is 0 Å². The summed E-state index contributed by atoms with van der Waals surface area (Å²) in [6, 6.07) is 5.21. The molecule has 0 atom stereocenters. The summed E-state index contributed by atoms with van der Waals surface area (Å²) >= 11 is 12.2. The van der Waals surface area contributed by atoms with Crippen LogP contribution in [0.5, 0.6) is 0 Å². The Morgan fingerprint density at radius 2 is 1.96 bits per heavy atom. The van der Waals surface area contributed by atoms with Gasteiger partial charge in [0.1, 0.15) is 11.3 Å². The Morgan fingerprint density at radius 3 is 2.61 bits per heavy atom. The highest BCUT2D eigenvalue weighted by atomic mass is 35.5. The van der Waals surface area contributed by atoms with Crippen LogP contribution in [0.25, 0.3) is 0 Å². The number of carboxylic acid groups (broad SMARTS) is 1. The van der Waals surface area contributed by atoms with Crippen LogP contribution in [0, 0.1) is 13.8 Å². The highest BCUT2D eigenvalue weighted by molar-refractivity contribution is 6.35. The maximum Gasteiger partial charge on any atom is 0.339 e. The second-order valence-electron chi connectivity index (χ2n) is 6.23. The standard InChI is InChI=1S/C18H17Cl2N5O3/c1-9-15(22-17(26)16-13(18(27)28)7-21-24(16)3)10(2)25(23-9)8-11-4-5-12(19)6-14(11)20/h4-7H,8H2,1-3H3,(H,22,26)(H,27,28). The van der Waals surface area contributed by atoms with Crippen LogP contribution in [0.2, 0.25) is 10.0 Å². The molecule has 146 valence electrons. The molecule has 28 heavy (non-hydrogen) atoms. The number of hydrogen-bond donors (Lipinski definition) is 2. The Bertz CT molecular complexity index is 1090. The monoisotopic (exact) mass is 421 g/mol. The van der Waals surface area contributed by atoms with Crippen molar-refractivity contribution in [3.63, 3.8) is 0 Å². The molecule has 0 fully saturated rings. The van der Waals surface area contributed by atoms with E-state index >= 15 is 0 Å². The molecule has 1 aromatic carbocycles. The molecule has 0 unspecified atom stereocenters. The minimum Gasteiger partial charge on any atom is -0.478 e. The topological polar surface area (TPSA) is 102 Å². The number of hydrogen-bond acceptors (Lipinski definition) is 4. The SMILES string of the molecule is Cc1nn(Cc2ccc(Cl)cc2Cl)c(C)c1NC(=O)c1c(C(=O)O)cnn1C.